The summed E-state index contributed by atoms with van der Waals surface area (Å²) < 4.78 is 15.9. The lowest BCUT2D eigenvalue weighted by molar-refractivity contribution is -0.143. The van der Waals surface area contributed by atoms with Gasteiger partial charge in [-0.05, 0) is 167 Å². The summed E-state index contributed by atoms with van der Waals surface area (Å²) in [6.45, 7) is 14.9. The van der Waals surface area contributed by atoms with Gasteiger partial charge in [-0.1, -0.05) is 12.1 Å². The fourth-order valence-electron chi connectivity index (χ4n) is 8.23. The van der Waals surface area contributed by atoms with Gasteiger partial charge in [-0.15, -0.1) is 0 Å². The minimum Gasteiger partial charge on any atom is -0.466 e. The molecule has 13 nitrogen and oxygen atoms in total. The van der Waals surface area contributed by atoms with Crippen LogP contribution >= 0.6 is 0 Å². The molecule has 3 aromatic heterocycles. The molecule has 1 amide bonds. The summed E-state index contributed by atoms with van der Waals surface area (Å²) in [6, 6.07) is 15.7. The average molecular weight is 857 g/mol. The Morgan fingerprint density at radius 3 is 1.54 bits per heavy atom. The second-order valence-electron chi connectivity index (χ2n) is 15.9. The second-order valence-corrected chi connectivity index (χ2v) is 15.9. The molecular formula is C50H60N6O7. The van der Waals surface area contributed by atoms with Crippen molar-refractivity contribution in [1.82, 2.24) is 25.3 Å². The number of nitrogens with two attached hydrogens (primary N) is 1. The van der Waals surface area contributed by atoms with Crippen molar-refractivity contribution < 1.29 is 33.4 Å². The summed E-state index contributed by atoms with van der Waals surface area (Å²) in [4.78, 5) is 68.9. The molecular weight excluding hydrogens is 797 g/mol. The normalized spacial score (nSPS) is 12.4. The van der Waals surface area contributed by atoms with E-state index in [9.17, 15) is 19.2 Å². The standard InChI is InChI=1S/C50H60N6O7/c1-8-61-48(58)20-16-36-30(5)40-25-43-35(15-19-47(57)52-24-23-33-11-13-34(51)14-12-33)29(4)39(53-43)26-44-37(17-21-49(59)62-9-2)31(6)41(55-44)28-46-38(18-22-50(60)63-10-3)32(7)42(56-46)27-45(36)54-40/h11-14,25-28,53-54H,8-10,15-24,51H2,1-7H3,(H,52,57). The Kier molecular flexibility index (Phi) is 15.4. The fourth-order valence-corrected chi connectivity index (χ4v) is 8.23. The number of carbonyl (C=O) groups excluding carboxylic acids is 4. The zero-order chi connectivity index (χ0) is 45.2. The Morgan fingerprint density at radius 1 is 0.556 bits per heavy atom. The number of esters is 3. The highest BCUT2D eigenvalue weighted by atomic mass is 16.5. The van der Waals surface area contributed by atoms with E-state index in [1.165, 1.54) is 0 Å². The molecule has 2 aliphatic heterocycles. The maximum Gasteiger partial charge on any atom is 0.306 e. The van der Waals surface area contributed by atoms with Crippen molar-refractivity contribution >= 4 is 73.9 Å². The van der Waals surface area contributed by atoms with Crippen LogP contribution in [0.1, 0.15) is 124 Å². The van der Waals surface area contributed by atoms with Crippen LogP contribution in [0.2, 0.25) is 0 Å². The molecule has 0 spiro atoms. The highest BCUT2D eigenvalue weighted by Gasteiger charge is 2.24. The zero-order valence-corrected chi connectivity index (χ0v) is 37.6. The van der Waals surface area contributed by atoms with Gasteiger partial charge in [0, 0.05) is 60.0 Å². The Hall–Kier alpha value is -6.50. The number of nitrogens with one attached hydrogen (secondary N) is 3. The number of H-pyrrole nitrogens is 2. The summed E-state index contributed by atoms with van der Waals surface area (Å²) in [7, 11) is 0. The van der Waals surface area contributed by atoms with Crippen LogP contribution in [-0.4, -0.2) is 70.1 Å². The predicted molar refractivity (Wildman–Crippen MR) is 248 cm³/mol. The molecule has 0 saturated carbocycles. The van der Waals surface area contributed by atoms with Crippen molar-refractivity contribution in [3.8, 4) is 0 Å². The van der Waals surface area contributed by atoms with Crippen molar-refractivity contribution in [3.63, 3.8) is 0 Å². The topological polar surface area (TPSA) is 191 Å². The van der Waals surface area contributed by atoms with Crippen LogP contribution in [0.3, 0.4) is 0 Å². The molecule has 63 heavy (non-hydrogen) atoms. The number of aromatic amines is 2. The quantitative estimate of drug-likeness (QED) is 0.0427. The number of hydrogen-bond donors (Lipinski definition) is 4. The number of hydrogen-bond acceptors (Lipinski definition) is 10. The molecule has 1 aromatic carbocycles. The van der Waals surface area contributed by atoms with Crippen molar-refractivity contribution in [2.24, 2.45) is 0 Å². The van der Waals surface area contributed by atoms with E-state index < -0.39 is 0 Å². The number of amides is 1. The molecule has 0 radical (unpaired) electrons. The number of nitrogen functional groups attached to an aromatic ring is 1. The number of benzene rings is 1. The molecule has 6 rings (SSSR count). The fraction of sp³-hybridized carbons (Fsp3) is 0.400. The number of nitrogens with zero attached hydrogens (tertiary/aromatic N) is 2. The van der Waals surface area contributed by atoms with E-state index in [-0.39, 0.29) is 49.5 Å². The molecule has 13 heteroatoms. The highest BCUT2D eigenvalue weighted by molar-refractivity contribution is 5.96. The number of fused-ring (bicyclic) bond motifs is 8. The van der Waals surface area contributed by atoms with Gasteiger partial charge in [-0.2, -0.15) is 0 Å². The molecule has 5 heterocycles. The minimum atomic E-state index is -0.287. The zero-order valence-electron chi connectivity index (χ0n) is 37.6. The molecule has 8 bridgehead atoms. The van der Waals surface area contributed by atoms with Gasteiger partial charge in [0.05, 0.1) is 42.6 Å². The summed E-state index contributed by atoms with van der Waals surface area (Å²) in [6.07, 6.45) is 3.28. The van der Waals surface area contributed by atoms with E-state index in [1.807, 2.05) is 70.2 Å². The van der Waals surface area contributed by atoms with Gasteiger partial charge in [0.1, 0.15) is 0 Å². The average Bonchev–Trinajstić information content (AvgIpc) is 3.91. The number of aromatic nitrogens is 4. The maximum atomic E-state index is 13.3. The van der Waals surface area contributed by atoms with Crippen LogP contribution in [-0.2, 0) is 52.7 Å². The number of ether oxygens (including phenoxy) is 3. The number of carbonyl (C=O) groups is 4. The lowest BCUT2D eigenvalue weighted by atomic mass is 9.98. The number of anilines is 1. The number of allylic oxidation sites excluding steroid dienone is 4. The van der Waals surface area contributed by atoms with Crippen LogP contribution in [0, 0.1) is 13.8 Å². The minimum absolute atomic E-state index is 0.0526. The first-order chi connectivity index (χ1) is 30.3. The Morgan fingerprint density at radius 2 is 1.00 bits per heavy atom. The predicted octanol–water partition coefficient (Wildman–Crippen LogP) is 8.85. The molecule has 332 valence electrons. The third kappa shape index (κ3) is 11.3. The summed E-state index contributed by atoms with van der Waals surface area (Å²) in [5, 5.41) is 3.08. The molecule has 0 unspecified atom stereocenters. The van der Waals surface area contributed by atoms with Crippen molar-refractivity contribution in [2.45, 2.75) is 106 Å². The first kappa shape index (κ1) is 46.0. The van der Waals surface area contributed by atoms with Gasteiger partial charge in [0.2, 0.25) is 5.91 Å². The van der Waals surface area contributed by atoms with E-state index >= 15 is 0 Å². The second kappa shape index (κ2) is 21.0. The van der Waals surface area contributed by atoms with Gasteiger partial charge < -0.3 is 35.2 Å². The van der Waals surface area contributed by atoms with Gasteiger partial charge in [0.25, 0.3) is 0 Å². The molecule has 0 aliphatic carbocycles. The van der Waals surface area contributed by atoms with Crippen molar-refractivity contribution in [3.05, 3.63) is 99.1 Å². The van der Waals surface area contributed by atoms with Crippen LogP contribution < -0.4 is 11.1 Å². The third-order valence-electron chi connectivity index (χ3n) is 11.8. The van der Waals surface area contributed by atoms with E-state index in [0.717, 1.165) is 77.9 Å². The van der Waals surface area contributed by atoms with Crippen molar-refractivity contribution in [2.75, 3.05) is 32.1 Å². The van der Waals surface area contributed by atoms with E-state index in [2.05, 4.69) is 21.4 Å². The molecule has 4 aromatic rings. The van der Waals surface area contributed by atoms with Crippen LogP contribution in [0.5, 0.6) is 0 Å². The van der Waals surface area contributed by atoms with E-state index in [1.54, 1.807) is 20.8 Å². The molecule has 0 fully saturated rings. The molecule has 2 aliphatic rings. The van der Waals surface area contributed by atoms with Crippen molar-refractivity contribution in [1.29, 1.82) is 0 Å². The van der Waals surface area contributed by atoms with Crippen LogP contribution in [0.25, 0.3) is 44.4 Å². The molecule has 0 atom stereocenters. The highest BCUT2D eigenvalue weighted by Crippen LogP contribution is 2.38. The van der Waals surface area contributed by atoms with Gasteiger partial charge >= 0.3 is 17.9 Å². The number of rotatable bonds is 18. The maximum absolute atomic E-state index is 13.3. The Bertz CT molecular complexity index is 2610. The lowest BCUT2D eigenvalue weighted by Crippen LogP contribution is -2.25. The Balaban J connectivity index is 1.52. The lowest BCUT2D eigenvalue weighted by Gasteiger charge is -2.06. The smallest absolute Gasteiger partial charge is 0.306 e. The van der Waals surface area contributed by atoms with Gasteiger partial charge in [0.15, 0.2) is 0 Å². The van der Waals surface area contributed by atoms with E-state index in [4.69, 9.17) is 29.9 Å². The monoisotopic (exact) mass is 856 g/mol. The SMILES string of the molecule is CCOC(=O)CCC1=C(C)c2cc3[nH]c(cc4[nH]c(cc5nc(cc1n2)C(C)=C5CCC(=O)OCC)c(C)c4CCC(=O)NCCc1ccc(N)cc1)c(C)c3CCC(=O)OCC. The summed E-state index contributed by atoms with van der Waals surface area (Å²) in [5.41, 5.74) is 21.3. The van der Waals surface area contributed by atoms with Crippen LogP contribution in [0.4, 0.5) is 5.69 Å². The summed E-state index contributed by atoms with van der Waals surface area (Å²) in [5.74, 6) is -0.901. The van der Waals surface area contributed by atoms with Gasteiger partial charge in [-0.25, -0.2) is 9.97 Å². The first-order valence-corrected chi connectivity index (χ1v) is 22.0. The summed E-state index contributed by atoms with van der Waals surface area (Å²) >= 11 is 0. The molecule has 5 N–H and O–H groups in total. The first-order valence-electron chi connectivity index (χ1n) is 22.0. The van der Waals surface area contributed by atoms with Gasteiger partial charge in [-0.3, -0.25) is 19.2 Å². The van der Waals surface area contributed by atoms with Crippen LogP contribution in [0.15, 0.2) is 48.5 Å². The Labute approximate surface area is 368 Å². The largest absolute Gasteiger partial charge is 0.466 e. The van der Waals surface area contributed by atoms with E-state index in [0.29, 0.717) is 81.2 Å². The number of aryl methyl sites for hydroxylation is 4. The third-order valence-corrected chi connectivity index (χ3v) is 11.8. The molecule has 0 saturated heterocycles.